The summed E-state index contributed by atoms with van der Waals surface area (Å²) in [7, 11) is 1.62. The molecule has 1 amide bonds. The fourth-order valence-electron chi connectivity index (χ4n) is 3.04. The van der Waals surface area contributed by atoms with Crippen LogP contribution < -0.4 is 10.1 Å². The van der Waals surface area contributed by atoms with Gasteiger partial charge in [-0.2, -0.15) is 0 Å². The summed E-state index contributed by atoms with van der Waals surface area (Å²) in [6.45, 7) is 3.94. The fraction of sp³-hybridized carbons (Fsp3) is 0.273. The third kappa shape index (κ3) is 5.31. The van der Waals surface area contributed by atoms with Crippen molar-refractivity contribution in [3.05, 3.63) is 69.7 Å². The number of halogens is 2. The summed E-state index contributed by atoms with van der Waals surface area (Å²) >= 11 is 12.1. The molecule has 0 saturated heterocycles. The molecule has 0 aliphatic rings. The summed E-state index contributed by atoms with van der Waals surface area (Å²) in [6.07, 6.45) is 2.24. The zero-order valence-electron chi connectivity index (χ0n) is 16.5. The molecule has 1 atom stereocenters. The fourth-order valence-corrected chi connectivity index (χ4v) is 3.55. The van der Waals surface area contributed by atoms with E-state index in [0.29, 0.717) is 33.7 Å². The van der Waals surface area contributed by atoms with Crippen LogP contribution in [0.15, 0.2) is 47.0 Å². The summed E-state index contributed by atoms with van der Waals surface area (Å²) in [4.78, 5) is 16.6. The van der Waals surface area contributed by atoms with Gasteiger partial charge in [0.15, 0.2) is 11.7 Å². The van der Waals surface area contributed by atoms with Crippen LogP contribution in [-0.2, 0) is 11.2 Å². The van der Waals surface area contributed by atoms with Crippen molar-refractivity contribution in [2.75, 3.05) is 7.11 Å². The molecule has 5 nitrogen and oxygen atoms in total. The molecule has 0 radical (unpaired) electrons. The van der Waals surface area contributed by atoms with Crippen molar-refractivity contribution in [2.45, 2.75) is 32.7 Å². The Balaban J connectivity index is 1.60. The molecule has 0 saturated carbocycles. The van der Waals surface area contributed by atoms with Gasteiger partial charge in [0, 0.05) is 29.0 Å². The van der Waals surface area contributed by atoms with Crippen LogP contribution in [0.5, 0.6) is 5.75 Å². The van der Waals surface area contributed by atoms with E-state index in [1.807, 2.05) is 32.0 Å². The first kappa shape index (κ1) is 21.2. The second-order valence-corrected chi connectivity index (χ2v) is 7.62. The highest BCUT2D eigenvalue weighted by Crippen LogP contribution is 2.31. The van der Waals surface area contributed by atoms with Crippen molar-refractivity contribution in [3.8, 4) is 17.1 Å². The highest BCUT2D eigenvalue weighted by Gasteiger charge is 2.16. The Morgan fingerprint density at radius 1 is 1.24 bits per heavy atom. The van der Waals surface area contributed by atoms with Gasteiger partial charge in [0.05, 0.1) is 24.4 Å². The Labute approximate surface area is 180 Å². The second kappa shape index (κ2) is 9.33. The first-order chi connectivity index (χ1) is 13.9. The summed E-state index contributed by atoms with van der Waals surface area (Å²) in [5.41, 5.74) is 2.76. The van der Waals surface area contributed by atoms with E-state index in [1.54, 1.807) is 31.5 Å². The third-order valence-corrected chi connectivity index (χ3v) is 5.09. The predicted molar refractivity (Wildman–Crippen MR) is 115 cm³/mol. The molecular weight excluding hydrogens is 411 g/mol. The zero-order chi connectivity index (χ0) is 21.0. The first-order valence-electron chi connectivity index (χ1n) is 9.21. The number of nitrogens with zero attached hydrogens (tertiary/aromatic N) is 1. The SMILES string of the molecule is COc1ccc(C)cc1C(C)NC(=O)CCc1ncc(-c2ccc(Cl)cc2Cl)o1. The number of carbonyl (C=O) groups is 1. The number of amides is 1. The minimum Gasteiger partial charge on any atom is -0.496 e. The Bertz CT molecular complexity index is 1020. The van der Waals surface area contributed by atoms with E-state index in [-0.39, 0.29) is 18.4 Å². The lowest BCUT2D eigenvalue weighted by molar-refractivity contribution is -0.121. The summed E-state index contributed by atoms with van der Waals surface area (Å²) in [5.74, 6) is 1.67. The number of aromatic nitrogens is 1. The van der Waals surface area contributed by atoms with E-state index in [2.05, 4.69) is 10.3 Å². The van der Waals surface area contributed by atoms with Crippen LogP contribution >= 0.6 is 23.2 Å². The lowest BCUT2D eigenvalue weighted by Gasteiger charge is -2.18. The van der Waals surface area contributed by atoms with Gasteiger partial charge in [-0.1, -0.05) is 40.9 Å². The van der Waals surface area contributed by atoms with E-state index in [9.17, 15) is 4.79 Å². The molecule has 3 rings (SSSR count). The van der Waals surface area contributed by atoms with Crippen LogP contribution in [0.4, 0.5) is 0 Å². The maximum atomic E-state index is 12.4. The predicted octanol–water partition coefficient (Wildman–Crippen LogP) is 5.78. The maximum Gasteiger partial charge on any atom is 0.220 e. The van der Waals surface area contributed by atoms with Crippen molar-refractivity contribution in [1.29, 1.82) is 0 Å². The van der Waals surface area contributed by atoms with Crippen LogP contribution in [0.2, 0.25) is 10.0 Å². The standard InChI is InChI=1S/C22H22Cl2N2O3/c1-13-4-7-19(28-3)17(10-13)14(2)26-21(27)8-9-22-25-12-20(29-22)16-6-5-15(23)11-18(16)24/h4-7,10-12,14H,8-9H2,1-3H3,(H,26,27). The third-order valence-electron chi connectivity index (χ3n) is 4.55. The van der Waals surface area contributed by atoms with Gasteiger partial charge in [0.2, 0.25) is 5.91 Å². The Hall–Kier alpha value is -2.50. The molecule has 152 valence electrons. The normalized spacial score (nSPS) is 11.9. The number of hydrogen-bond acceptors (Lipinski definition) is 4. The average Bonchev–Trinajstić information content (AvgIpc) is 3.15. The minimum absolute atomic E-state index is 0.0923. The molecular formula is C22H22Cl2N2O3. The van der Waals surface area contributed by atoms with Crippen molar-refractivity contribution in [3.63, 3.8) is 0 Å². The van der Waals surface area contributed by atoms with Crippen LogP contribution in [-0.4, -0.2) is 18.0 Å². The summed E-state index contributed by atoms with van der Waals surface area (Å²) in [5, 5.41) is 4.03. The second-order valence-electron chi connectivity index (χ2n) is 6.78. The van der Waals surface area contributed by atoms with Crippen molar-refractivity contribution < 1.29 is 13.9 Å². The van der Waals surface area contributed by atoms with E-state index in [0.717, 1.165) is 16.9 Å². The van der Waals surface area contributed by atoms with E-state index in [1.165, 1.54) is 0 Å². The molecule has 2 aromatic carbocycles. The van der Waals surface area contributed by atoms with Gasteiger partial charge < -0.3 is 14.5 Å². The minimum atomic E-state index is -0.176. The molecule has 0 fully saturated rings. The number of hydrogen-bond donors (Lipinski definition) is 1. The number of oxazole rings is 1. The lowest BCUT2D eigenvalue weighted by Crippen LogP contribution is -2.27. The molecule has 1 N–H and O–H groups in total. The highest BCUT2D eigenvalue weighted by molar-refractivity contribution is 6.36. The number of ether oxygens (including phenoxy) is 1. The Morgan fingerprint density at radius 2 is 2.03 bits per heavy atom. The van der Waals surface area contributed by atoms with Gasteiger partial charge in [-0.05, 0) is 38.1 Å². The van der Waals surface area contributed by atoms with Gasteiger partial charge in [-0.25, -0.2) is 4.98 Å². The molecule has 29 heavy (non-hydrogen) atoms. The maximum absolute atomic E-state index is 12.4. The van der Waals surface area contributed by atoms with Gasteiger partial charge in [-0.3, -0.25) is 4.79 Å². The average molecular weight is 433 g/mol. The van der Waals surface area contributed by atoms with E-state index in [4.69, 9.17) is 32.4 Å². The van der Waals surface area contributed by atoms with Crippen LogP contribution in [0.1, 0.15) is 36.4 Å². The van der Waals surface area contributed by atoms with E-state index >= 15 is 0 Å². The molecule has 0 aliphatic carbocycles. The van der Waals surface area contributed by atoms with Gasteiger partial charge >= 0.3 is 0 Å². The highest BCUT2D eigenvalue weighted by atomic mass is 35.5. The summed E-state index contributed by atoms with van der Waals surface area (Å²) in [6, 6.07) is 10.9. The van der Waals surface area contributed by atoms with Crippen LogP contribution in [0.3, 0.4) is 0 Å². The quantitative estimate of drug-likeness (QED) is 0.513. The topological polar surface area (TPSA) is 64.4 Å². The number of benzene rings is 2. The van der Waals surface area contributed by atoms with Crippen LogP contribution in [0.25, 0.3) is 11.3 Å². The number of nitrogens with one attached hydrogen (secondary N) is 1. The molecule has 0 spiro atoms. The Kier molecular flexibility index (Phi) is 6.83. The van der Waals surface area contributed by atoms with Crippen molar-refractivity contribution in [1.82, 2.24) is 10.3 Å². The lowest BCUT2D eigenvalue weighted by atomic mass is 10.0. The molecule has 7 heteroatoms. The molecule has 1 aromatic heterocycles. The van der Waals surface area contributed by atoms with Gasteiger partial charge in [0.1, 0.15) is 5.75 Å². The largest absolute Gasteiger partial charge is 0.496 e. The molecule has 1 unspecified atom stereocenters. The first-order valence-corrected chi connectivity index (χ1v) is 9.97. The molecule has 3 aromatic rings. The number of aryl methyl sites for hydroxylation is 2. The molecule has 0 aliphatic heterocycles. The number of methoxy groups -OCH3 is 1. The van der Waals surface area contributed by atoms with Crippen molar-refractivity contribution >= 4 is 29.1 Å². The zero-order valence-corrected chi connectivity index (χ0v) is 18.0. The Morgan fingerprint density at radius 3 is 2.76 bits per heavy atom. The molecule has 0 bridgehead atoms. The molecule has 1 heterocycles. The van der Waals surface area contributed by atoms with Gasteiger partial charge in [-0.15, -0.1) is 0 Å². The van der Waals surface area contributed by atoms with E-state index < -0.39 is 0 Å². The van der Waals surface area contributed by atoms with Gasteiger partial charge in [0.25, 0.3) is 0 Å². The summed E-state index contributed by atoms with van der Waals surface area (Å²) < 4.78 is 11.1. The van der Waals surface area contributed by atoms with Crippen molar-refractivity contribution in [2.24, 2.45) is 0 Å². The number of carbonyl (C=O) groups excluding carboxylic acids is 1. The smallest absolute Gasteiger partial charge is 0.220 e. The monoisotopic (exact) mass is 432 g/mol. The van der Waals surface area contributed by atoms with Crippen LogP contribution in [0, 0.1) is 6.92 Å². The number of rotatable bonds is 7.